The summed E-state index contributed by atoms with van der Waals surface area (Å²) < 4.78 is 0. The van der Waals surface area contributed by atoms with Crippen LogP contribution >= 0.6 is 0 Å². The zero-order chi connectivity index (χ0) is 19.2. The molecule has 2 saturated heterocycles. The second kappa shape index (κ2) is 9.11. The first-order valence-corrected chi connectivity index (χ1v) is 10.4. The monoisotopic (exact) mass is 378 g/mol. The van der Waals surface area contributed by atoms with Crippen molar-refractivity contribution >= 4 is 11.7 Å². The molecule has 2 heterocycles. The number of carbonyl (C=O) groups excluding carboxylic acids is 1. The first kappa shape index (κ1) is 18.8. The summed E-state index contributed by atoms with van der Waals surface area (Å²) in [6.07, 6.45) is 2.15. The second-order valence-electron chi connectivity index (χ2n) is 8.00. The van der Waals surface area contributed by atoms with Gasteiger partial charge in [-0.3, -0.25) is 4.90 Å². The molecule has 2 fully saturated rings. The average molecular weight is 379 g/mol. The predicted octanol–water partition coefficient (Wildman–Crippen LogP) is 3.09. The topological polar surface area (TPSA) is 47.6 Å². The number of hydrogen-bond acceptors (Lipinski definition) is 3. The number of para-hydroxylation sites is 1. The summed E-state index contributed by atoms with van der Waals surface area (Å²) in [7, 11) is 0. The van der Waals surface area contributed by atoms with Crippen LogP contribution in [0.2, 0.25) is 0 Å². The van der Waals surface area contributed by atoms with Crippen molar-refractivity contribution in [1.82, 2.24) is 15.5 Å². The fourth-order valence-corrected chi connectivity index (χ4v) is 4.28. The van der Waals surface area contributed by atoms with Gasteiger partial charge in [-0.25, -0.2) is 4.79 Å². The van der Waals surface area contributed by atoms with Crippen LogP contribution in [0, 0.1) is 5.92 Å². The Balaban J connectivity index is 1.15. The summed E-state index contributed by atoms with van der Waals surface area (Å²) in [6.45, 7) is 5.74. The Morgan fingerprint density at radius 2 is 1.68 bits per heavy atom. The van der Waals surface area contributed by atoms with Crippen LogP contribution in [-0.4, -0.2) is 49.7 Å². The van der Waals surface area contributed by atoms with Gasteiger partial charge in [0, 0.05) is 51.0 Å². The van der Waals surface area contributed by atoms with Crippen LogP contribution in [0.4, 0.5) is 10.5 Å². The molecule has 148 valence electrons. The number of benzene rings is 2. The molecule has 0 aliphatic carbocycles. The van der Waals surface area contributed by atoms with E-state index in [1.165, 1.54) is 11.3 Å². The largest absolute Gasteiger partial charge is 0.371 e. The van der Waals surface area contributed by atoms with Crippen molar-refractivity contribution in [1.29, 1.82) is 0 Å². The molecule has 2 aromatic carbocycles. The first-order chi connectivity index (χ1) is 13.8. The number of likely N-dealkylation sites (tertiary alicyclic amines) is 1. The van der Waals surface area contributed by atoms with Gasteiger partial charge in [0.15, 0.2) is 0 Å². The Labute approximate surface area is 167 Å². The molecule has 0 aromatic heterocycles. The van der Waals surface area contributed by atoms with Crippen LogP contribution in [0.1, 0.15) is 18.4 Å². The van der Waals surface area contributed by atoms with Gasteiger partial charge in [0.1, 0.15) is 0 Å². The normalized spacial score (nSPS) is 22.4. The Morgan fingerprint density at radius 1 is 0.929 bits per heavy atom. The van der Waals surface area contributed by atoms with Crippen LogP contribution < -0.4 is 15.5 Å². The molecule has 0 saturated carbocycles. The quantitative estimate of drug-likeness (QED) is 0.812. The lowest BCUT2D eigenvalue weighted by Gasteiger charge is -2.19. The van der Waals surface area contributed by atoms with Crippen molar-refractivity contribution in [3.05, 3.63) is 66.2 Å². The van der Waals surface area contributed by atoms with Crippen LogP contribution in [0.25, 0.3) is 0 Å². The number of hydrogen-bond donors (Lipinski definition) is 2. The van der Waals surface area contributed by atoms with E-state index in [1.807, 2.05) is 12.1 Å². The summed E-state index contributed by atoms with van der Waals surface area (Å²) in [5, 5.41) is 6.25. The number of urea groups is 1. The standard InChI is InChI=1S/C23H30N4O/c28-23(24-15-20-11-14-27(17-20)22-9-5-2-6-10-22)25-21-12-13-26(18-21)16-19-7-3-1-4-8-19/h1-10,20-21H,11-18H2,(H2,24,25,28)/t20-,21-/m1/s1. The van der Waals surface area contributed by atoms with Crippen molar-refractivity contribution in [3.8, 4) is 0 Å². The molecular formula is C23H30N4O. The van der Waals surface area contributed by atoms with Crippen LogP contribution in [-0.2, 0) is 6.54 Å². The summed E-state index contributed by atoms with van der Waals surface area (Å²) in [5.41, 5.74) is 2.61. The Morgan fingerprint density at radius 3 is 2.46 bits per heavy atom. The van der Waals surface area contributed by atoms with Crippen molar-refractivity contribution in [2.45, 2.75) is 25.4 Å². The van der Waals surface area contributed by atoms with Crippen molar-refractivity contribution < 1.29 is 4.79 Å². The van der Waals surface area contributed by atoms with Crippen LogP contribution in [0.5, 0.6) is 0 Å². The average Bonchev–Trinajstić information content (AvgIpc) is 3.38. The zero-order valence-corrected chi connectivity index (χ0v) is 16.4. The number of nitrogens with zero attached hydrogens (tertiary/aromatic N) is 2. The summed E-state index contributed by atoms with van der Waals surface area (Å²) in [5.74, 6) is 0.518. The minimum atomic E-state index is -0.0234. The molecule has 0 spiro atoms. The van der Waals surface area contributed by atoms with Crippen molar-refractivity contribution in [3.63, 3.8) is 0 Å². The van der Waals surface area contributed by atoms with E-state index >= 15 is 0 Å². The van der Waals surface area contributed by atoms with Crippen molar-refractivity contribution in [2.75, 3.05) is 37.6 Å². The van der Waals surface area contributed by atoms with Crippen LogP contribution in [0.15, 0.2) is 60.7 Å². The smallest absolute Gasteiger partial charge is 0.315 e. The minimum absolute atomic E-state index is 0.0234. The second-order valence-corrected chi connectivity index (χ2v) is 8.00. The van der Waals surface area contributed by atoms with Gasteiger partial charge in [-0.2, -0.15) is 0 Å². The summed E-state index contributed by atoms with van der Waals surface area (Å²) >= 11 is 0. The fourth-order valence-electron chi connectivity index (χ4n) is 4.28. The maximum Gasteiger partial charge on any atom is 0.315 e. The van der Waals surface area contributed by atoms with E-state index in [2.05, 4.69) is 69.0 Å². The lowest BCUT2D eigenvalue weighted by Crippen LogP contribution is -2.44. The Kier molecular flexibility index (Phi) is 6.12. The fraction of sp³-hybridized carbons (Fsp3) is 0.435. The minimum Gasteiger partial charge on any atom is -0.371 e. The highest BCUT2D eigenvalue weighted by Gasteiger charge is 2.25. The molecule has 2 aliphatic rings. The number of nitrogens with one attached hydrogen (secondary N) is 2. The third-order valence-electron chi connectivity index (χ3n) is 5.82. The number of carbonyl (C=O) groups is 1. The molecule has 5 nitrogen and oxygen atoms in total. The maximum absolute atomic E-state index is 12.3. The van der Waals surface area contributed by atoms with E-state index in [-0.39, 0.29) is 12.1 Å². The molecule has 0 radical (unpaired) electrons. The van der Waals surface area contributed by atoms with Gasteiger partial charge in [0.25, 0.3) is 0 Å². The van der Waals surface area contributed by atoms with Crippen LogP contribution in [0.3, 0.4) is 0 Å². The maximum atomic E-state index is 12.3. The molecule has 28 heavy (non-hydrogen) atoms. The molecule has 2 N–H and O–H groups in total. The molecule has 0 bridgehead atoms. The van der Waals surface area contributed by atoms with E-state index in [0.29, 0.717) is 5.92 Å². The molecule has 2 aliphatic heterocycles. The Hall–Kier alpha value is -2.53. The van der Waals surface area contributed by atoms with Gasteiger partial charge in [0.05, 0.1) is 0 Å². The third-order valence-corrected chi connectivity index (χ3v) is 5.82. The van der Waals surface area contributed by atoms with Gasteiger partial charge < -0.3 is 15.5 Å². The molecule has 2 aromatic rings. The van der Waals surface area contributed by atoms with Crippen molar-refractivity contribution in [2.24, 2.45) is 5.92 Å². The molecule has 4 rings (SSSR count). The zero-order valence-electron chi connectivity index (χ0n) is 16.4. The molecule has 2 atom stereocenters. The van der Waals surface area contributed by atoms with E-state index in [9.17, 15) is 4.79 Å². The third kappa shape index (κ3) is 5.04. The van der Waals surface area contributed by atoms with Gasteiger partial charge in [-0.15, -0.1) is 0 Å². The number of anilines is 1. The lowest BCUT2D eigenvalue weighted by molar-refractivity contribution is 0.234. The molecule has 2 amide bonds. The highest BCUT2D eigenvalue weighted by Crippen LogP contribution is 2.23. The highest BCUT2D eigenvalue weighted by atomic mass is 16.2. The van der Waals surface area contributed by atoms with E-state index in [0.717, 1.165) is 52.1 Å². The predicted molar refractivity (Wildman–Crippen MR) is 113 cm³/mol. The van der Waals surface area contributed by atoms with Gasteiger partial charge in [-0.05, 0) is 36.5 Å². The van der Waals surface area contributed by atoms with Gasteiger partial charge in [0.2, 0.25) is 0 Å². The molecule has 5 heteroatoms. The number of rotatable bonds is 6. The number of amides is 2. The SMILES string of the molecule is O=C(NC[C@H]1CCN(c2ccccc2)C1)N[C@@H]1CCN(Cc2ccccc2)C1. The van der Waals surface area contributed by atoms with E-state index in [1.54, 1.807) is 0 Å². The van der Waals surface area contributed by atoms with E-state index in [4.69, 9.17) is 0 Å². The summed E-state index contributed by atoms with van der Waals surface area (Å²) in [6, 6.07) is 21.3. The summed E-state index contributed by atoms with van der Waals surface area (Å²) in [4.78, 5) is 17.1. The molecule has 0 unspecified atom stereocenters. The Bertz CT molecular complexity index is 752. The first-order valence-electron chi connectivity index (χ1n) is 10.4. The molecular weight excluding hydrogens is 348 g/mol. The lowest BCUT2D eigenvalue weighted by atomic mass is 10.1. The van der Waals surface area contributed by atoms with Gasteiger partial charge >= 0.3 is 6.03 Å². The highest BCUT2D eigenvalue weighted by molar-refractivity contribution is 5.74. The van der Waals surface area contributed by atoms with E-state index < -0.39 is 0 Å². The van der Waals surface area contributed by atoms with Gasteiger partial charge in [-0.1, -0.05) is 48.5 Å².